The Labute approximate surface area is 117 Å². The largest absolute Gasteiger partial charge is 0.355 e. The van der Waals surface area contributed by atoms with Crippen LogP contribution in [0.1, 0.15) is 19.8 Å². The number of piperazine rings is 1. The summed E-state index contributed by atoms with van der Waals surface area (Å²) in [4.78, 5) is 27.2. The highest BCUT2D eigenvalue weighted by Crippen LogP contribution is 2.04. The molecule has 104 valence electrons. The van der Waals surface area contributed by atoms with Crippen molar-refractivity contribution in [3.8, 4) is 0 Å². The van der Waals surface area contributed by atoms with Crippen LogP contribution < -0.4 is 5.32 Å². The molecule has 0 bridgehead atoms. The number of hydrogen-bond donors (Lipinski definition) is 1. The minimum Gasteiger partial charge on any atom is -0.355 e. The molecule has 1 aliphatic rings. The van der Waals surface area contributed by atoms with E-state index in [4.69, 9.17) is 0 Å². The fourth-order valence-corrected chi connectivity index (χ4v) is 2.26. The summed E-state index contributed by atoms with van der Waals surface area (Å²) in [6.45, 7) is 6.25. The average Bonchev–Trinajstić information content (AvgIpc) is 2.37. The maximum Gasteiger partial charge on any atom is 0.234 e. The van der Waals surface area contributed by atoms with E-state index in [1.54, 1.807) is 0 Å². The lowest BCUT2D eigenvalue weighted by Gasteiger charge is -2.34. The van der Waals surface area contributed by atoms with Crippen LogP contribution in [0.2, 0.25) is 0 Å². The van der Waals surface area contributed by atoms with Crippen LogP contribution in [0.15, 0.2) is 0 Å². The molecular weight excluding hydrogens is 298 g/mol. The molecule has 2 amide bonds. The second-order valence-electron chi connectivity index (χ2n) is 4.45. The van der Waals surface area contributed by atoms with Crippen LogP contribution in [0.4, 0.5) is 0 Å². The Morgan fingerprint density at radius 3 is 2.44 bits per heavy atom. The molecule has 18 heavy (non-hydrogen) atoms. The third-order valence-electron chi connectivity index (χ3n) is 2.97. The summed E-state index contributed by atoms with van der Waals surface area (Å²) in [5.74, 6) is 0.277. The fourth-order valence-electron chi connectivity index (χ4n) is 1.92. The van der Waals surface area contributed by atoms with Crippen LogP contribution in [0.3, 0.4) is 0 Å². The number of amides is 2. The first-order valence-corrected chi connectivity index (χ1v) is 7.62. The van der Waals surface area contributed by atoms with Crippen LogP contribution in [0, 0.1) is 0 Å². The van der Waals surface area contributed by atoms with Crippen molar-refractivity contribution in [3.05, 3.63) is 0 Å². The number of alkyl halides is 1. The number of rotatable bonds is 6. The van der Waals surface area contributed by atoms with Gasteiger partial charge in [-0.25, -0.2) is 0 Å². The smallest absolute Gasteiger partial charge is 0.234 e. The molecule has 0 aromatic heterocycles. The molecule has 0 spiro atoms. The zero-order valence-electron chi connectivity index (χ0n) is 11.0. The van der Waals surface area contributed by atoms with Gasteiger partial charge in [-0.2, -0.15) is 0 Å². The van der Waals surface area contributed by atoms with Crippen molar-refractivity contribution in [1.82, 2.24) is 15.1 Å². The third kappa shape index (κ3) is 5.35. The average molecular weight is 320 g/mol. The van der Waals surface area contributed by atoms with Gasteiger partial charge < -0.3 is 10.2 Å². The number of nitrogens with zero attached hydrogens (tertiary/aromatic N) is 2. The molecule has 1 fully saturated rings. The second kappa shape index (κ2) is 8.48. The molecule has 0 aromatic carbocycles. The van der Waals surface area contributed by atoms with E-state index in [1.807, 2.05) is 11.8 Å². The van der Waals surface area contributed by atoms with Gasteiger partial charge >= 0.3 is 0 Å². The summed E-state index contributed by atoms with van der Waals surface area (Å²) in [5, 5.41) is 3.58. The number of halogens is 1. The molecule has 1 rings (SSSR count). The van der Waals surface area contributed by atoms with Crippen LogP contribution in [-0.2, 0) is 9.59 Å². The summed E-state index contributed by atoms with van der Waals surface area (Å²) in [6, 6.07) is 0. The Morgan fingerprint density at radius 2 is 1.89 bits per heavy atom. The van der Waals surface area contributed by atoms with E-state index in [0.717, 1.165) is 39.1 Å². The molecule has 0 radical (unpaired) electrons. The zero-order valence-corrected chi connectivity index (χ0v) is 12.5. The van der Waals surface area contributed by atoms with E-state index in [1.165, 1.54) is 0 Å². The molecule has 1 saturated heterocycles. The van der Waals surface area contributed by atoms with Crippen molar-refractivity contribution in [3.63, 3.8) is 0 Å². The maximum absolute atomic E-state index is 11.7. The van der Waals surface area contributed by atoms with E-state index in [9.17, 15) is 9.59 Å². The molecule has 1 aliphatic heterocycles. The molecule has 0 saturated carbocycles. The molecule has 1 N–H and O–H groups in total. The normalized spacial score (nSPS) is 16.7. The minimum atomic E-state index is 0.0806. The monoisotopic (exact) mass is 319 g/mol. The summed E-state index contributed by atoms with van der Waals surface area (Å²) >= 11 is 3.27. The van der Waals surface area contributed by atoms with Gasteiger partial charge in [0, 0.05) is 44.5 Å². The highest BCUT2D eigenvalue weighted by Gasteiger charge is 2.21. The Bertz CT molecular complexity index is 278. The molecular formula is C12H22BrN3O2. The zero-order chi connectivity index (χ0) is 13.4. The maximum atomic E-state index is 11.7. The van der Waals surface area contributed by atoms with E-state index in [2.05, 4.69) is 26.1 Å². The second-order valence-corrected chi connectivity index (χ2v) is 5.24. The standard InChI is InChI=1S/C12H22BrN3O2/c1-2-5-14-11(17)10-15-6-8-16(9-7-15)12(18)3-4-13/h2-10H2,1H3,(H,14,17). The van der Waals surface area contributed by atoms with Gasteiger partial charge in [0.2, 0.25) is 11.8 Å². The Morgan fingerprint density at radius 1 is 1.22 bits per heavy atom. The molecule has 0 aliphatic carbocycles. The molecule has 6 heteroatoms. The van der Waals surface area contributed by atoms with Crippen molar-refractivity contribution in [1.29, 1.82) is 0 Å². The van der Waals surface area contributed by atoms with Gasteiger partial charge in [-0.3, -0.25) is 14.5 Å². The van der Waals surface area contributed by atoms with Crippen molar-refractivity contribution < 1.29 is 9.59 Å². The van der Waals surface area contributed by atoms with Crippen molar-refractivity contribution in [2.45, 2.75) is 19.8 Å². The highest BCUT2D eigenvalue weighted by atomic mass is 79.9. The van der Waals surface area contributed by atoms with Crippen molar-refractivity contribution in [2.75, 3.05) is 44.6 Å². The van der Waals surface area contributed by atoms with Crippen LogP contribution >= 0.6 is 15.9 Å². The number of carbonyl (C=O) groups excluding carboxylic acids is 2. The summed E-state index contributed by atoms with van der Waals surface area (Å²) in [6.07, 6.45) is 1.51. The molecule has 0 aromatic rings. The lowest BCUT2D eigenvalue weighted by Crippen LogP contribution is -2.51. The van der Waals surface area contributed by atoms with Gasteiger partial charge in [0.25, 0.3) is 0 Å². The third-order valence-corrected chi connectivity index (χ3v) is 3.37. The van der Waals surface area contributed by atoms with Crippen molar-refractivity contribution >= 4 is 27.7 Å². The Kier molecular flexibility index (Phi) is 7.27. The molecule has 0 unspecified atom stereocenters. The van der Waals surface area contributed by atoms with Crippen LogP contribution in [-0.4, -0.2) is 66.2 Å². The predicted octanol–water partition coefficient (Wildman–Crippen LogP) is 0.442. The fraction of sp³-hybridized carbons (Fsp3) is 0.833. The lowest BCUT2D eigenvalue weighted by atomic mass is 10.3. The summed E-state index contributed by atoms with van der Waals surface area (Å²) in [5.41, 5.74) is 0. The van der Waals surface area contributed by atoms with Gasteiger partial charge in [-0.05, 0) is 6.42 Å². The first-order valence-electron chi connectivity index (χ1n) is 6.50. The number of nitrogens with one attached hydrogen (secondary N) is 1. The highest BCUT2D eigenvalue weighted by molar-refractivity contribution is 9.09. The SMILES string of the molecule is CCCNC(=O)CN1CCN(C(=O)CCBr)CC1. The van der Waals surface area contributed by atoms with E-state index < -0.39 is 0 Å². The summed E-state index contributed by atoms with van der Waals surface area (Å²) in [7, 11) is 0. The first kappa shape index (κ1) is 15.4. The van der Waals surface area contributed by atoms with E-state index in [-0.39, 0.29) is 11.8 Å². The minimum absolute atomic E-state index is 0.0806. The summed E-state index contributed by atoms with van der Waals surface area (Å²) < 4.78 is 0. The van der Waals surface area contributed by atoms with Gasteiger partial charge in [0.05, 0.1) is 6.54 Å². The number of carbonyl (C=O) groups is 2. The van der Waals surface area contributed by atoms with Gasteiger partial charge in [-0.15, -0.1) is 0 Å². The number of hydrogen-bond acceptors (Lipinski definition) is 3. The predicted molar refractivity (Wildman–Crippen MR) is 74.7 cm³/mol. The van der Waals surface area contributed by atoms with Gasteiger partial charge in [-0.1, -0.05) is 22.9 Å². The lowest BCUT2D eigenvalue weighted by molar-refractivity contribution is -0.132. The van der Waals surface area contributed by atoms with Crippen LogP contribution in [0.5, 0.6) is 0 Å². The molecule has 0 atom stereocenters. The van der Waals surface area contributed by atoms with Crippen molar-refractivity contribution in [2.24, 2.45) is 0 Å². The Hall–Kier alpha value is -0.620. The quantitative estimate of drug-likeness (QED) is 0.723. The van der Waals surface area contributed by atoms with E-state index in [0.29, 0.717) is 18.3 Å². The first-order chi connectivity index (χ1) is 8.67. The molecule has 5 nitrogen and oxygen atoms in total. The van der Waals surface area contributed by atoms with Gasteiger partial charge in [0.1, 0.15) is 0 Å². The molecule has 1 heterocycles. The topological polar surface area (TPSA) is 52.7 Å². The van der Waals surface area contributed by atoms with Crippen LogP contribution in [0.25, 0.3) is 0 Å². The van der Waals surface area contributed by atoms with E-state index >= 15 is 0 Å². The van der Waals surface area contributed by atoms with Gasteiger partial charge in [0.15, 0.2) is 0 Å². The Balaban J connectivity index is 2.22.